The molecule has 5 nitrogen and oxygen atoms in total. The molecular weight excluding hydrogens is 283 g/mol. The maximum Gasteiger partial charge on any atom is 0.230 e. The molecule has 0 aliphatic carbocycles. The van der Waals surface area contributed by atoms with E-state index in [1.807, 2.05) is 7.05 Å². The fourth-order valence-corrected chi connectivity index (χ4v) is 2.23. The first kappa shape index (κ1) is 12.7. The number of aryl methyl sites for hydroxylation is 1. The number of nitrogen functional groups attached to an aromatic ring is 1. The monoisotopic (exact) mass is 292 g/mol. The summed E-state index contributed by atoms with van der Waals surface area (Å²) in [5, 5.41) is 4.14. The van der Waals surface area contributed by atoms with Crippen molar-refractivity contribution in [3.05, 3.63) is 41.6 Å². The Balaban J connectivity index is 2.21. The van der Waals surface area contributed by atoms with Crippen molar-refractivity contribution in [2.75, 3.05) is 5.73 Å². The molecule has 102 valence electrons. The number of benzene rings is 1. The molecular formula is C13H10ClFN4O. The number of hydrogen-bond donors (Lipinski definition) is 1. The van der Waals surface area contributed by atoms with Crippen molar-refractivity contribution in [1.82, 2.24) is 14.7 Å². The maximum absolute atomic E-state index is 13.1. The molecule has 7 heteroatoms. The summed E-state index contributed by atoms with van der Waals surface area (Å²) in [7, 11) is 1.84. The number of hydrogen-bond acceptors (Lipinski definition) is 4. The summed E-state index contributed by atoms with van der Waals surface area (Å²) in [5.74, 6) is -0.313. The minimum absolute atomic E-state index is 0.110. The molecule has 0 saturated heterocycles. The molecule has 0 unspecified atom stereocenters. The van der Waals surface area contributed by atoms with Crippen LogP contribution in [0.25, 0.3) is 22.5 Å². The van der Waals surface area contributed by atoms with Crippen molar-refractivity contribution in [1.29, 1.82) is 0 Å². The third-order valence-corrected chi connectivity index (χ3v) is 3.18. The van der Waals surface area contributed by atoms with E-state index in [9.17, 15) is 4.39 Å². The normalized spacial score (nSPS) is 10.9. The fraction of sp³-hybridized carbons (Fsp3) is 0.0769. The Kier molecular flexibility index (Phi) is 2.94. The minimum atomic E-state index is -0.423. The third-order valence-electron chi connectivity index (χ3n) is 2.87. The van der Waals surface area contributed by atoms with E-state index in [0.29, 0.717) is 22.5 Å². The average molecular weight is 293 g/mol. The topological polar surface area (TPSA) is 69.9 Å². The highest BCUT2D eigenvalue weighted by Gasteiger charge is 2.21. The van der Waals surface area contributed by atoms with Gasteiger partial charge in [0, 0.05) is 18.8 Å². The maximum atomic E-state index is 13.1. The lowest BCUT2D eigenvalue weighted by atomic mass is 10.0. The summed E-state index contributed by atoms with van der Waals surface area (Å²) in [4.78, 5) is 4.20. The van der Waals surface area contributed by atoms with Crippen molar-refractivity contribution in [2.24, 2.45) is 7.05 Å². The first-order valence-corrected chi connectivity index (χ1v) is 6.13. The van der Waals surface area contributed by atoms with E-state index in [-0.39, 0.29) is 10.9 Å². The van der Waals surface area contributed by atoms with Gasteiger partial charge in [0.2, 0.25) is 5.88 Å². The lowest BCUT2D eigenvalue weighted by Crippen LogP contribution is -1.89. The van der Waals surface area contributed by atoms with Gasteiger partial charge in [0.05, 0.1) is 16.9 Å². The van der Waals surface area contributed by atoms with Gasteiger partial charge in [-0.1, -0.05) is 16.8 Å². The number of imidazole rings is 1. The Bertz CT molecular complexity index is 781. The molecule has 0 saturated carbocycles. The first-order valence-electron chi connectivity index (χ1n) is 5.75. The van der Waals surface area contributed by atoms with Crippen LogP contribution in [0.3, 0.4) is 0 Å². The van der Waals surface area contributed by atoms with E-state index in [0.717, 1.165) is 0 Å². The van der Waals surface area contributed by atoms with Gasteiger partial charge < -0.3 is 14.8 Å². The highest BCUT2D eigenvalue weighted by atomic mass is 35.5. The molecule has 0 aliphatic rings. The summed E-state index contributed by atoms with van der Waals surface area (Å²) in [6.45, 7) is 0. The molecule has 20 heavy (non-hydrogen) atoms. The van der Waals surface area contributed by atoms with Crippen LogP contribution < -0.4 is 5.73 Å². The summed E-state index contributed by atoms with van der Waals surface area (Å²) < 4.78 is 19.9. The van der Waals surface area contributed by atoms with E-state index >= 15 is 0 Å². The second-order valence-electron chi connectivity index (χ2n) is 4.32. The van der Waals surface area contributed by atoms with Crippen molar-refractivity contribution in [3.8, 4) is 22.5 Å². The van der Waals surface area contributed by atoms with Crippen LogP contribution in [-0.4, -0.2) is 14.7 Å². The minimum Gasteiger partial charge on any atom is -0.367 e. The van der Waals surface area contributed by atoms with Crippen LogP contribution in [0.5, 0.6) is 0 Å². The van der Waals surface area contributed by atoms with Gasteiger partial charge >= 0.3 is 0 Å². The molecule has 0 amide bonds. The number of anilines is 1. The largest absolute Gasteiger partial charge is 0.367 e. The number of nitrogens with two attached hydrogens (primary N) is 1. The molecule has 0 atom stereocenters. The molecule has 0 radical (unpaired) electrons. The van der Waals surface area contributed by atoms with E-state index in [1.165, 1.54) is 18.2 Å². The van der Waals surface area contributed by atoms with Gasteiger partial charge in [-0.15, -0.1) is 0 Å². The van der Waals surface area contributed by atoms with Gasteiger partial charge in [-0.2, -0.15) is 0 Å². The average Bonchev–Trinajstić information content (AvgIpc) is 2.96. The highest BCUT2D eigenvalue weighted by Crippen LogP contribution is 2.39. The molecule has 0 bridgehead atoms. The number of aromatic nitrogens is 3. The third kappa shape index (κ3) is 2.04. The van der Waals surface area contributed by atoms with E-state index in [4.69, 9.17) is 21.9 Å². The summed E-state index contributed by atoms with van der Waals surface area (Å²) in [6.07, 6.45) is 3.41. The zero-order chi connectivity index (χ0) is 14.3. The number of rotatable bonds is 2. The molecule has 2 aromatic heterocycles. The lowest BCUT2D eigenvalue weighted by Gasteiger charge is -2.03. The van der Waals surface area contributed by atoms with Crippen molar-refractivity contribution in [3.63, 3.8) is 0 Å². The predicted molar refractivity (Wildman–Crippen MR) is 73.5 cm³/mol. The molecule has 3 rings (SSSR count). The molecule has 2 N–H and O–H groups in total. The Hall–Kier alpha value is -2.34. The van der Waals surface area contributed by atoms with Gasteiger partial charge in [-0.3, -0.25) is 0 Å². The fourth-order valence-electron chi connectivity index (χ4n) is 1.97. The van der Waals surface area contributed by atoms with Gasteiger partial charge in [0.25, 0.3) is 0 Å². The molecule has 1 aromatic carbocycles. The summed E-state index contributed by atoms with van der Waals surface area (Å²) in [5.41, 5.74) is 7.93. The first-order chi connectivity index (χ1) is 9.56. The molecule has 0 spiro atoms. The highest BCUT2D eigenvalue weighted by molar-refractivity contribution is 6.33. The molecule has 0 fully saturated rings. The second kappa shape index (κ2) is 4.64. The van der Waals surface area contributed by atoms with Crippen LogP contribution in [0.15, 0.2) is 35.2 Å². The molecule has 0 aliphatic heterocycles. The van der Waals surface area contributed by atoms with Crippen LogP contribution >= 0.6 is 11.6 Å². The van der Waals surface area contributed by atoms with E-state index < -0.39 is 5.82 Å². The van der Waals surface area contributed by atoms with Crippen LogP contribution in [0, 0.1) is 5.82 Å². The van der Waals surface area contributed by atoms with E-state index in [1.54, 1.807) is 17.1 Å². The lowest BCUT2D eigenvalue weighted by molar-refractivity contribution is 0.439. The summed E-state index contributed by atoms with van der Waals surface area (Å²) >= 11 is 6.07. The van der Waals surface area contributed by atoms with Gasteiger partial charge in [0.1, 0.15) is 17.2 Å². The van der Waals surface area contributed by atoms with Gasteiger partial charge in [-0.05, 0) is 18.2 Å². The van der Waals surface area contributed by atoms with Crippen LogP contribution in [0.1, 0.15) is 0 Å². The Morgan fingerprint density at radius 3 is 2.85 bits per heavy atom. The SMILES string of the molecule is Cn1cnc(-c2noc(N)c2-c2ccc(F)cc2Cl)c1. The smallest absolute Gasteiger partial charge is 0.230 e. The Labute approximate surface area is 118 Å². The van der Waals surface area contributed by atoms with Crippen LogP contribution in [0.4, 0.5) is 10.3 Å². The number of nitrogens with zero attached hydrogens (tertiary/aromatic N) is 3. The molecule has 3 aromatic rings. The standard InChI is InChI=1S/C13H10ClFN4O/c1-19-5-10(17-6-19)12-11(13(16)20-18-12)8-3-2-7(15)4-9(8)14/h2-6H,16H2,1H3. The second-order valence-corrected chi connectivity index (χ2v) is 4.73. The molecule has 2 heterocycles. The van der Waals surface area contributed by atoms with E-state index in [2.05, 4.69) is 10.1 Å². The Morgan fingerprint density at radius 2 is 2.20 bits per heavy atom. The van der Waals surface area contributed by atoms with Crippen molar-refractivity contribution < 1.29 is 8.91 Å². The zero-order valence-electron chi connectivity index (χ0n) is 10.5. The van der Waals surface area contributed by atoms with Crippen LogP contribution in [-0.2, 0) is 7.05 Å². The predicted octanol–water partition coefficient (Wildman–Crippen LogP) is 3.12. The van der Waals surface area contributed by atoms with Gasteiger partial charge in [-0.25, -0.2) is 9.37 Å². The van der Waals surface area contributed by atoms with Crippen molar-refractivity contribution in [2.45, 2.75) is 0 Å². The van der Waals surface area contributed by atoms with Gasteiger partial charge in [0.15, 0.2) is 0 Å². The zero-order valence-corrected chi connectivity index (χ0v) is 11.2. The summed E-state index contributed by atoms with van der Waals surface area (Å²) in [6, 6.07) is 4.05. The number of halogens is 2. The van der Waals surface area contributed by atoms with Crippen molar-refractivity contribution >= 4 is 17.5 Å². The van der Waals surface area contributed by atoms with Crippen LogP contribution in [0.2, 0.25) is 5.02 Å². The quantitative estimate of drug-likeness (QED) is 0.788. The Morgan fingerprint density at radius 1 is 1.40 bits per heavy atom.